The first-order valence-corrected chi connectivity index (χ1v) is 8.06. The average molecular weight is 351 g/mol. The summed E-state index contributed by atoms with van der Waals surface area (Å²) < 4.78 is 3.05. The highest BCUT2D eigenvalue weighted by molar-refractivity contribution is 9.10. The molecule has 0 radical (unpaired) electrons. The van der Waals surface area contributed by atoms with Crippen LogP contribution in [0.4, 0.5) is 5.95 Å². The average Bonchev–Trinajstić information content (AvgIpc) is 3.07. The molecule has 1 atom stereocenters. The van der Waals surface area contributed by atoms with Gasteiger partial charge >= 0.3 is 0 Å². The summed E-state index contributed by atoms with van der Waals surface area (Å²) in [4.78, 5) is 11.1. The molecule has 6 nitrogen and oxygen atoms in total. The minimum absolute atomic E-state index is 0.215. The van der Waals surface area contributed by atoms with Crippen molar-refractivity contribution in [2.75, 3.05) is 11.4 Å². The fourth-order valence-corrected chi connectivity index (χ4v) is 2.99. The van der Waals surface area contributed by atoms with Crippen molar-refractivity contribution in [3.63, 3.8) is 0 Å². The van der Waals surface area contributed by atoms with E-state index in [4.69, 9.17) is 0 Å². The third-order valence-electron chi connectivity index (χ3n) is 3.62. The van der Waals surface area contributed by atoms with Gasteiger partial charge in [-0.25, -0.2) is 9.97 Å². The van der Waals surface area contributed by atoms with Gasteiger partial charge in [-0.1, -0.05) is 13.8 Å². The Morgan fingerprint density at radius 3 is 2.81 bits per heavy atom. The van der Waals surface area contributed by atoms with Crippen LogP contribution in [0, 0.1) is 5.92 Å². The van der Waals surface area contributed by atoms with Crippen molar-refractivity contribution in [1.82, 2.24) is 24.7 Å². The SMILES string of the molecule is CC(C)Cn1cnnc1C1CCCN1c1ncc(Br)cn1. The molecule has 0 saturated carbocycles. The Bertz CT molecular complexity index is 594. The van der Waals surface area contributed by atoms with Gasteiger partial charge in [0.15, 0.2) is 5.82 Å². The van der Waals surface area contributed by atoms with Crippen molar-refractivity contribution in [2.24, 2.45) is 5.92 Å². The second kappa shape index (κ2) is 6.09. The van der Waals surface area contributed by atoms with E-state index in [0.717, 1.165) is 42.2 Å². The molecule has 3 heterocycles. The molecule has 1 saturated heterocycles. The molecule has 3 rings (SSSR count). The number of anilines is 1. The maximum Gasteiger partial charge on any atom is 0.225 e. The molecule has 0 aliphatic carbocycles. The molecule has 112 valence electrons. The van der Waals surface area contributed by atoms with Gasteiger partial charge < -0.3 is 9.47 Å². The highest BCUT2D eigenvalue weighted by Gasteiger charge is 2.31. The van der Waals surface area contributed by atoms with Crippen molar-refractivity contribution in [3.05, 3.63) is 29.0 Å². The van der Waals surface area contributed by atoms with E-state index < -0.39 is 0 Å². The second-order valence-electron chi connectivity index (χ2n) is 5.79. The molecule has 21 heavy (non-hydrogen) atoms. The Kier molecular flexibility index (Phi) is 4.19. The Morgan fingerprint density at radius 1 is 1.33 bits per heavy atom. The molecule has 0 N–H and O–H groups in total. The van der Waals surface area contributed by atoms with Crippen LogP contribution in [0.2, 0.25) is 0 Å². The first kappa shape index (κ1) is 14.4. The van der Waals surface area contributed by atoms with Crippen molar-refractivity contribution in [2.45, 2.75) is 39.3 Å². The molecule has 1 aliphatic heterocycles. The smallest absolute Gasteiger partial charge is 0.225 e. The topological polar surface area (TPSA) is 59.7 Å². The highest BCUT2D eigenvalue weighted by atomic mass is 79.9. The fraction of sp³-hybridized carbons (Fsp3) is 0.571. The standard InChI is InChI=1S/C14H19BrN6/c1-10(2)8-20-9-18-19-13(20)12-4-3-5-21(12)14-16-6-11(15)7-17-14/h6-7,9-10,12H,3-5,8H2,1-2H3. The van der Waals surface area contributed by atoms with Crippen LogP contribution in [0.5, 0.6) is 0 Å². The number of hydrogen-bond acceptors (Lipinski definition) is 5. The van der Waals surface area contributed by atoms with Crippen molar-refractivity contribution < 1.29 is 0 Å². The van der Waals surface area contributed by atoms with Crippen LogP contribution in [0.3, 0.4) is 0 Å². The van der Waals surface area contributed by atoms with E-state index in [1.807, 2.05) is 6.33 Å². The predicted octanol–water partition coefficient (Wildman–Crippen LogP) is 2.83. The molecule has 1 aliphatic rings. The fourth-order valence-electron chi connectivity index (χ4n) is 2.78. The minimum atomic E-state index is 0.215. The lowest BCUT2D eigenvalue weighted by molar-refractivity contribution is 0.487. The lowest BCUT2D eigenvalue weighted by Crippen LogP contribution is -2.27. The first-order chi connectivity index (χ1) is 10.1. The summed E-state index contributed by atoms with van der Waals surface area (Å²) in [6.07, 6.45) is 7.59. The van der Waals surface area contributed by atoms with E-state index in [9.17, 15) is 0 Å². The number of nitrogens with zero attached hydrogens (tertiary/aromatic N) is 6. The molecular formula is C14H19BrN6. The Hall–Kier alpha value is -1.50. The van der Waals surface area contributed by atoms with Gasteiger partial charge in [-0.2, -0.15) is 0 Å². The zero-order valence-corrected chi connectivity index (χ0v) is 13.9. The van der Waals surface area contributed by atoms with Gasteiger partial charge in [0.25, 0.3) is 0 Å². The van der Waals surface area contributed by atoms with Gasteiger partial charge in [-0.15, -0.1) is 10.2 Å². The highest BCUT2D eigenvalue weighted by Crippen LogP contribution is 2.33. The molecule has 0 spiro atoms. The van der Waals surface area contributed by atoms with E-state index in [0.29, 0.717) is 5.92 Å². The van der Waals surface area contributed by atoms with Gasteiger partial charge in [0, 0.05) is 25.5 Å². The maximum absolute atomic E-state index is 4.42. The maximum atomic E-state index is 4.42. The third-order valence-corrected chi connectivity index (χ3v) is 4.03. The molecule has 0 amide bonds. The van der Waals surface area contributed by atoms with Gasteiger partial charge in [0.1, 0.15) is 6.33 Å². The van der Waals surface area contributed by atoms with Gasteiger partial charge in [-0.05, 0) is 34.7 Å². The van der Waals surface area contributed by atoms with Crippen molar-refractivity contribution in [1.29, 1.82) is 0 Å². The monoisotopic (exact) mass is 350 g/mol. The van der Waals surface area contributed by atoms with Crippen LogP contribution in [0.15, 0.2) is 23.2 Å². The van der Waals surface area contributed by atoms with Gasteiger partial charge in [-0.3, -0.25) is 0 Å². The molecular weight excluding hydrogens is 332 g/mol. The summed E-state index contributed by atoms with van der Waals surface area (Å²) in [7, 11) is 0. The summed E-state index contributed by atoms with van der Waals surface area (Å²) in [5.41, 5.74) is 0. The van der Waals surface area contributed by atoms with E-state index in [1.54, 1.807) is 12.4 Å². The zero-order chi connectivity index (χ0) is 14.8. The van der Waals surface area contributed by atoms with Crippen molar-refractivity contribution in [3.8, 4) is 0 Å². The van der Waals surface area contributed by atoms with E-state index in [2.05, 4.69) is 59.4 Å². The van der Waals surface area contributed by atoms with Crippen LogP contribution < -0.4 is 4.90 Å². The molecule has 2 aromatic heterocycles. The largest absolute Gasteiger partial charge is 0.331 e. The Balaban J connectivity index is 1.87. The van der Waals surface area contributed by atoms with E-state index >= 15 is 0 Å². The second-order valence-corrected chi connectivity index (χ2v) is 6.70. The summed E-state index contributed by atoms with van der Waals surface area (Å²) in [5.74, 6) is 2.35. The molecule has 1 unspecified atom stereocenters. The van der Waals surface area contributed by atoms with E-state index in [-0.39, 0.29) is 6.04 Å². The van der Waals surface area contributed by atoms with Crippen LogP contribution in [0.1, 0.15) is 38.6 Å². The van der Waals surface area contributed by atoms with Gasteiger partial charge in [0.2, 0.25) is 5.95 Å². The molecule has 7 heteroatoms. The van der Waals surface area contributed by atoms with Crippen molar-refractivity contribution >= 4 is 21.9 Å². The van der Waals surface area contributed by atoms with Crippen LogP contribution in [0.25, 0.3) is 0 Å². The molecule has 2 aromatic rings. The zero-order valence-electron chi connectivity index (χ0n) is 12.3. The molecule has 0 aromatic carbocycles. The number of halogens is 1. The molecule has 1 fully saturated rings. The number of rotatable bonds is 4. The molecule has 0 bridgehead atoms. The quantitative estimate of drug-likeness (QED) is 0.848. The Labute approximate surface area is 132 Å². The predicted molar refractivity (Wildman–Crippen MR) is 83.9 cm³/mol. The number of aromatic nitrogens is 5. The first-order valence-electron chi connectivity index (χ1n) is 7.27. The summed E-state index contributed by atoms with van der Waals surface area (Å²) in [6, 6.07) is 0.215. The summed E-state index contributed by atoms with van der Waals surface area (Å²) >= 11 is 3.38. The van der Waals surface area contributed by atoms with Crippen LogP contribution in [-0.4, -0.2) is 31.3 Å². The lowest BCUT2D eigenvalue weighted by Gasteiger charge is -2.24. The normalized spacial score (nSPS) is 18.7. The van der Waals surface area contributed by atoms with E-state index in [1.165, 1.54) is 0 Å². The lowest BCUT2D eigenvalue weighted by atomic mass is 10.2. The van der Waals surface area contributed by atoms with Gasteiger partial charge in [0.05, 0.1) is 10.5 Å². The van der Waals surface area contributed by atoms with Crippen LogP contribution >= 0.6 is 15.9 Å². The third kappa shape index (κ3) is 3.07. The summed E-state index contributed by atoms with van der Waals surface area (Å²) in [5, 5.41) is 8.45. The Morgan fingerprint density at radius 2 is 2.10 bits per heavy atom. The number of hydrogen-bond donors (Lipinski definition) is 0. The minimum Gasteiger partial charge on any atom is -0.331 e. The summed E-state index contributed by atoms with van der Waals surface area (Å²) in [6.45, 7) is 6.30. The van der Waals surface area contributed by atoms with Crippen LogP contribution in [-0.2, 0) is 6.54 Å².